The Morgan fingerprint density at radius 1 is 1.43 bits per heavy atom. The van der Waals surface area contributed by atoms with E-state index in [9.17, 15) is 13.6 Å². The maximum atomic E-state index is 13.0. The number of carbonyl (C=O) groups is 1. The second-order valence-corrected chi connectivity index (χ2v) is 3.16. The van der Waals surface area contributed by atoms with Gasteiger partial charge in [0.05, 0.1) is 5.92 Å². The molecular weight excluding hydrogens is 190 g/mol. The predicted octanol–water partition coefficient (Wildman–Crippen LogP) is 2.46. The summed E-state index contributed by atoms with van der Waals surface area (Å²) in [6.07, 6.45) is 0. The van der Waals surface area contributed by atoms with Gasteiger partial charge in [-0.05, 0) is 31.0 Å². The Kier molecular flexibility index (Phi) is 2.84. The zero-order chi connectivity index (χ0) is 10.9. The maximum absolute atomic E-state index is 13.0. The zero-order valence-corrected chi connectivity index (χ0v) is 7.84. The van der Waals surface area contributed by atoms with Crippen LogP contribution >= 0.6 is 0 Å². The van der Waals surface area contributed by atoms with Crippen molar-refractivity contribution in [3.8, 4) is 0 Å². The third kappa shape index (κ3) is 1.89. The van der Waals surface area contributed by atoms with E-state index >= 15 is 0 Å². The van der Waals surface area contributed by atoms with E-state index < -0.39 is 23.5 Å². The number of halogens is 2. The molecular formula is C10H10F2O2. The van der Waals surface area contributed by atoms with Crippen LogP contribution in [0.2, 0.25) is 0 Å². The fourth-order valence-electron chi connectivity index (χ4n) is 1.25. The minimum Gasteiger partial charge on any atom is -0.481 e. The monoisotopic (exact) mass is 200 g/mol. The van der Waals surface area contributed by atoms with E-state index in [2.05, 4.69) is 0 Å². The molecule has 0 heterocycles. The van der Waals surface area contributed by atoms with Crippen molar-refractivity contribution in [2.24, 2.45) is 0 Å². The quantitative estimate of drug-likeness (QED) is 0.796. The van der Waals surface area contributed by atoms with E-state index in [0.717, 1.165) is 12.1 Å². The lowest BCUT2D eigenvalue weighted by Gasteiger charge is -2.10. The third-order valence-corrected chi connectivity index (χ3v) is 2.19. The minimum absolute atomic E-state index is 0.176. The van der Waals surface area contributed by atoms with Crippen LogP contribution in [0.1, 0.15) is 24.0 Å². The molecule has 0 bridgehead atoms. The summed E-state index contributed by atoms with van der Waals surface area (Å²) in [5, 5.41) is 8.70. The van der Waals surface area contributed by atoms with Gasteiger partial charge in [0.25, 0.3) is 0 Å². The van der Waals surface area contributed by atoms with Crippen LogP contribution < -0.4 is 0 Å². The molecule has 0 amide bonds. The van der Waals surface area contributed by atoms with Gasteiger partial charge in [-0.1, -0.05) is 0 Å². The third-order valence-electron chi connectivity index (χ3n) is 2.19. The van der Waals surface area contributed by atoms with Crippen molar-refractivity contribution in [3.63, 3.8) is 0 Å². The Morgan fingerprint density at radius 2 is 2.00 bits per heavy atom. The van der Waals surface area contributed by atoms with E-state index in [-0.39, 0.29) is 11.1 Å². The molecule has 1 rings (SSSR count). The highest BCUT2D eigenvalue weighted by atomic mass is 19.1. The number of benzene rings is 1. The maximum Gasteiger partial charge on any atom is 0.310 e. The Bertz CT molecular complexity index is 375. The molecule has 0 saturated carbocycles. The summed E-state index contributed by atoms with van der Waals surface area (Å²) >= 11 is 0. The van der Waals surface area contributed by atoms with Crippen LogP contribution in [0.25, 0.3) is 0 Å². The highest BCUT2D eigenvalue weighted by Gasteiger charge is 2.18. The van der Waals surface area contributed by atoms with Crippen LogP contribution in [0.3, 0.4) is 0 Å². The standard InChI is InChI=1S/C10H10F2O2/c1-5-8(6(2)10(13)14)3-7(11)4-9(5)12/h3-4,6H,1-2H3,(H,13,14). The number of rotatable bonds is 2. The van der Waals surface area contributed by atoms with Gasteiger partial charge in [0, 0.05) is 6.07 Å². The molecule has 14 heavy (non-hydrogen) atoms. The molecule has 0 saturated heterocycles. The van der Waals surface area contributed by atoms with Gasteiger partial charge in [0.15, 0.2) is 0 Å². The van der Waals surface area contributed by atoms with Gasteiger partial charge in [0.1, 0.15) is 11.6 Å². The van der Waals surface area contributed by atoms with Gasteiger partial charge in [0.2, 0.25) is 0 Å². The summed E-state index contributed by atoms with van der Waals surface area (Å²) in [5.41, 5.74) is 0.358. The molecule has 1 aromatic rings. The molecule has 1 unspecified atom stereocenters. The summed E-state index contributed by atoms with van der Waals surface area (Å²) in [7, 11) is 0. The molecule has 0 aliphatic rings. The molecule has 0 radical (unpaired) electrons. The number of hydrogen-bond acceptors (Lipinski definition) is 1. The van der Waals surface area contributed by atoms with Crippen molar-refractivity contribution in [2.45, 2.75) is 19.8 Å². The van der Waals surface area contributed by atoms with E-state index in [1.165, 1.54) is 13.8 Å². The summed E-state index contributed by atoms with van der Waals surface area (Å²) in [6.45, 7) is 2.83. The summed E-state index contributed by atoms with van der Waals surface area (Å²) in [6, 6.07) is 1.80. The lowest BCUT2D eigenvalue weighted by Crippen LogP contribution is -2.10. The van der Waals surface area contributed by atoms with Crippen molar-refractivity contribution >= 4 is 5.97 Å². The summed E-state index contributed by atoms with van der Waals surface area (Å²) < 4.78 is 25.8. The van der Waals surface area contributed by atoms with E-state index in [1.807, 2.05) is 0 Å². The van der Waals surface area contributed by atoms with Crippen molar-refractivity contribution in [1.29, 1.82) is 0 Å². The van der Waals surface area contributed by atoms with Gasteiger partial charge >= 0.3 is 5.97 Å². The molecule has 0 aliphatic carbocycles. The Labute approximate surface area is 80.2 Å². The lowest BCUT2D eigenvalue weighted by atomic mass is 9.96. The molecule has 1 N–H and O–H groups in total. The molecule has 4 heteroatoms. The lowest BCUT2D eigenvalue weighted by molar-refractivity contribution is -0.138. The Balaban J connectivity index is 3.26. The van der Waals surface area contributed by atoms with Crippen LogP contribution in [0.5, 0.6) is 0 Å². The Morgan fingerprint density at radius 3 is 2.50 bits per heavy atom. The average Bonchev–Trinajstić information content (AvgIpc) is 2.09. The van der Waals surface area contributed by atoms with Gasteiger partial charge in [-0.15, -0.1) is 0 Å². The van der Waals surface area contributed by atoms with Crippen molar-refractivity contribution in [3.05, 3.63) is 34.9 Å². The summed E-state index contributed by atoms with van der Waals surface area (Å²) in [4.78, 5) is 10.6. The number of hydrogen-bond donors (Lipinski definition) is 1. The SMILES string of the molecule is Cc1c(F)cc(F)cc1C(C)C(=O)O. The normalized spacial score (nSPS) is 12.6. The second kappa shape index (κ2) is 3.74. The molecule has 1 aromatic carbocycles. The van der Waals surface area contributed by atoms with Crippen molar-refractivity contribution in [2.75, 3.05) is 0 Å². The molecule has 0 aromatic heterocycles. The summed E-state index contributed by atoms with van der Waals surface area (Å²) in [5.74, 6) is -3.47. The highest BCUT2D eigenvalue weighted by Crippen LogP contribution is 2.23. The first-order chi connectivity index (χ1) is 6.43. The van der Waals surface area contributed by atoms with E-state index in [4.69, 9.17) is 5.11 Å². The van der Waals surface area contributed by atoms with Crippen LogP contribution in [0.4, 0.5) is 8.78 Å². The molecule has 1 atom stereocenters. The fourth-order valence-corrected chi connectivity index (χ4v) is 1.25. The zero-order valence-electron chi connectivity index (χ0n) is 7.84. The van der Waals surface area contributed by atoms with Crippen molar-refractivity contribution < 1.29 is 18.7 Å². The largest absolute Gasteiger partial charge is 0.481 e. The van der Waals surface area contributed by atoms with Gasteiger partial charge in [-0.2, -0.15) is 0 Å². The van der Waals surface area contributed by atoms with Crippen molar-refractivity contribution in [1.82, 2.24) is 0 Å². The number of aliphatic carboxylic acids is 1. The number of carboxylic acids is 1. The van der Waals surface area contributed by atoms with Crippen LogP contribution in [-0.2, 0) is 4.79 Å². The first-order valence-corrected chi connectivity index (χ1v) is 4.12. The van der Waals surface area contributed by atoms with Gasteiger partial charge in [-0.3, -0.25) is 4.79 Å². The van der Waals surface area contributed by atoms with E-state index in [1.54, 1.807) is 0 Å². The number of carboxylic acid groups (broad SMARTS) is 1. The average molecular weight is 200 g/mol. The Hall–Kier alpha value is -1.45. The first kappa shape index (κ1) is 10.6. The first-order valence-electron chi connectivity index (χ1n) is 4.12. The highest BCUT2D eigenvalue weighted by molar-refractivity contribution is 5.76. The van der Waals surface area contributed by atoms with Gasteiger partial charge in [-0.25, -0.2) is 8.78 Å². The topological polar surface area (TPSA) is 37.3 Å². The van der Waals surface area contributed by atoms with Gasteiger partial charge < -0.3 is 5.11 Å². The molecule has 0 aliphatic heterocycles. The van der Waals surface area contributed by atoms with Crippen LogP contribution in [0, 0.1) is 18.6 Å². The minimum atomic E-state index is -1.10. The fraction of sp³-hybridized carbons (Fsp3) is 0.300. The molecule has 0 spiro atoms. The van der Waals surface area contributed by atoms with Crippen LogP contribution in [-0.4, -0.2) is 11.1 Å². The molecule has 2 nitrogen and oxygen atoms in total. The van der Waals surface area contributed by atoms with Crippen LogP contribution in [0.15, 0.2) is 12.1 Å². The predicted molar refractivity (Wildman–Crippen MR) is 47.1 cm³/mol. The molecule has 0 fully saturated rings. The second-order valence-electron chi connectivity index (χ2n) is 3.16. The van der Waals surface area contributed by atoms with E-state index in [0.29, 0.717) is 0 Å². The smallest absolute Gasteiger partial charge is 0.310 e. The molecule has 76 valence electrons.